The predicted molar refractivity (Wildman–Crippen MR) is 101 cm³/mol. The van der Waals surface area contributed by atoms with Crippen LogP contribution in [0.15, 0.2) is 18.2 Å². The summed E-state index contributed by atoms with van der Waals surface area (Å²) in [7, 11) is 0. The summed E-state index contributed by atoms with van der Waals surface area (Å²) in [6.45, 7) is 6.46. The molecule has 4 heteroatoms. The molecule has 4 aliphatic rings. The van der Waals surface area contributed by atoms with Gasteiger partial charge in [-0.15, -0.1) is 0 Å². The van der Waals surface area contributed by atoms with Crippen LogP contribution in [0.5, 0.6) is 0 Å². The van der Waals surface area contributed by atoms with Crippen molar-refractivity contribution in [1.29, 1.82) is 0 Å². The molecule has 26 heavy (non-hydrogen) atoms. The summed E-state index contributed by atoms with van der Waals surface area (Å²) >= 11 is 0. The highest BCUT2D eigenvalue weighted by Crippen LogP contribution is 2.45. The summed E-state index contributed by atoms with van der Waals surface area (Å²) in [6.07, 6.45) is 7.58. The Morgan fingerprint density at radius 1 is 1.04 bits per heavy atom. The Morgan fingerprint density at radius 3 is 2.54 bits per heavy atom. The van der Waals surface area contributed by atoms with Gasteiger partial charge in [0.1, 0.15) is 5.82 Å². The predicted octanol–water partition coefficient (Wildman–Crippen LogP) is 3.65. The van der Waals surface area contributed by atoms with Gasteiger partial charge >= 0.3 is 0 Å². The van der Waals surface area contributed by atoms with Crippen molar-refractivity contribution in [3.05, 3.63) is 35.1 Å². The van der Waals surface area contributed by atoms with Gasteiger partial charge in [-0.25, -0.2) is 4.39 Å². The average Bonchev–Trinajstić information content (AvgIpc) is 3.31. The SMILES string of the molecule is Fc1ccc(C2CCOC2)c(C2CCN([C@@H]3CCC4(CNC4)C3)CC2)c1. The van der Waals surface area contributed by atoms with Crippen molar-refractivity contribution in [3.63, 3.8) is 0 Å². The molecule has 0 bridgehead atoms. The minimum atomic E-state index is -0.0830. The van der Waals surface area contributed by atoms with Crippen LogP contribution in [0.1, 0.15) is 61.5 Å². The lowest BCUT2D eigenvalue weighted by Gasteiger charge is -2.41. The zero-order valence-electron chi connectivity index (χ0n) is 15.7. The van der Waals surface area contributed by atoms with Crippen molar-refractivity contribution in [2.75, 3.05) is 39.4 Å². The quantitative estimate of drug-likeness (QED) is 0.893. The van der Waals surface area contributed by atoms with Crippen molar-refractivity contribution in [1.82, 2.24) is 10.2 Å². The van der Waals surface area contributed by atoms with Crippen LogP contribution in [-0.2, 0) is 4.74 Å². The molecule has 3 aliphatic heterocycles. The Balaban J connectivity index is 1.26. The van der Waals surface area contributed by atoms with Gasteiger partial charge in [0.2, 0.25) is 0 Å². The number of hydrogen-bond donors (Lipinski definition) is 1. The van der Waals surface area contributed by atoms with E-state index < -0.39 is 0 Å². The molecule has 0 amide bonds. The van der Waals surface area contributed by atoms with Gasteiger partial charge in [-0.1, -0.05) is 6.07 Å². The molecule has 2 atom stereocenters. The van der Waals surface area contributed by atoms with E-state index in [9.17, 15) is 4.39 Å². The number of ether oxygens (including phenoxy) is 1. The molecule has 3 heterocycles. The first-order chi connectivity index (χ1) is 12.7. The van der Waals surface area contributed by atoms with Crippen LogP contribution >= 0.6 is 0 Å². The van der Waals surface area contributed by atoms with E-state index in [0.29, 0.717) is 17.3 Å². The fourth-order valence-electron chi connectivity index (χ4n) is 5.91. The number of benzene rings is 1. The van der Waals surface area contributed by atoms with Gasteiger partial charge in [0.15, 0.2) is 0 Å². The van der Waals surface area contributed by atoms with Crippen LogP contribution in [0.3, 0.4) is 0 Å². The molecule has 5 rings (SSSR count). The van der Waals surface area contributed by atoms with Crippen molar-refractivity contribution in [3.8, 4) is 0 Å². The number of nitrogens with one attached hydrogen (secondary N) is 1. The summed E-state index contributed by atoms with van der Waals surface area (Å²) in [6, 6.07) is 6.27. The number of rotatable bonds is 3. The molecule has 1 N–H and O–H groups in total. The summed E-state index contributed by atoms with van der Waals surface area (Å²) in [5.74, 6) is 0.892. The van der Waals surface area contributed by atoms with Gasteiger partial charge in [-0.3, -0.25) is 0 Å². The standard InChI is InChI=1S/C22H31FN2O/c23-18-1-2-20(17-6-10-26-13-17)21(11-18)16-4-8-25(9-5-16)19-3-7-22(12-19)14-24-15-22/h1-2,11,16-17,19,24H,3-10,12-15H2/t17?,19-/m1/s1. The maximum absolute atomic E-state index is 14.0. The van der Waals surface area contributed by atoms with Crippen molar-refractivity contribution in [2.24, 2.45) is 5.41 Å². The van der Waals surface area contributed by atoms with E-state index in [1.54, 1.807) is 6.07 Å². The van der Waals surface area contributed by atoms with E-state index >= 15 is 0 Å². The van der Waals surface area contributed by atoms with Gasteiger partial charge < -0.3 is 15.0 Å². The first-order valence-electron chi connectivity index (χ1n) is 10.5. The molecule has 3 nitrogen and oxygen atoms in total. The molecule has 1 unspecified atom stereocenters. The molecule has 4 fully saturated rings. The first kappa shape index (κ1) is 17.2. The normalized spacial score (nSPS) is 32.2. The molecular formula is C22H31FN2O. The number of likely N-dealkylation sites (tertiary alicyclic amines) is 1. The summed E-state index contributed by atoms with van der Waals surface area (Å²) in [5.41, 5.74) is 3.24. The molecule has 1 spiro atoms. The highest BCUT2D eigenvalue weighted by molar-refractivity contribution is 5.35. The summed E-state index contributed by atoms with van der Waals surface area (Å²) < 4.78 is 19.6. The maximum atomic E-state index is 14.0. The van der Waals surface area contributed by atoms with Gasteiger partial charge in [-0.2, -0.15) is 0 Å². The lowest BCUT2D eigenvalue weighted by molar-refractivity contribution is 0.120. The first-order valence-corrected chi connectivity index (χ1v) is 10.5. The molecule has 3 saturated heterocycles. The maximum Gasteiger partial charge on any atom is 0.123 e. The van der Waals surface area contributed by atoms with Crippen molar-refractivity contribution in [2.45, 2.75) is 56.4 Å². The van der Waals surface area contributed by atoms with Crippen LogP contribution < -0.4 is 5.32 Å². The number of nitrogens with zero attached hydrogens (tertiary/aromatic N) is 1. The van der Waals surface area contributed by atoms with E-state index in [1.165, 1.54) is 69.4 Å². The highest BCUT2D eigenvalue weighted by atomic mass is 19.1. The third kappa shape index (κ3) is 3.10. The second-order valence-electron chi connectivity index (χ2n) is 9.14. The zero-order chi connectivity index (χ0) is 17.6. The van der Waals surface area contributed by atoms with E-state index in [2.05, 4.69) is 10.2 Å². The van der Waals surface area contributed by atoms with Crippen molar-refractivity contribution < 1.29 is 9.13 Å². The fourth-order valence-corrected chi connectivity index (χ4v) is 5.91. The van der Waals surface area contributed by atoms with Gasteiger partial charge in [0.05, 0.1) is 6.61 Å². The third-order valence-corrected chi connectivity index (χ3v) is 7.58. The summed E-state index contributed by atoms with van der Waals surface area (Å²) in [4.78, 5) is 2.74. The summed E-state index contributed by atoms with van der Waals surface area (Å²) in [5, 5.41) is 3.47. The molecule has 1 aromatic rings. The average molecular weight is 359 g/mol. The van der Waals surface area contributed by atoms with Crippen LogP contribution in [-0.4, -0.2) is 50.3 Å². The van der Waals surface area contributed by atoms with Crippen LogP contribution in [0.25, 0.3) is 0 Å². The fraction of sp³-hybridized carbons (Fsp3) is 0.727. The van der Waals surface area contributed by atoms with Gasteiger partial charge in [0, 0.05) is 31.7 Å². The number of hydrogen-bond acceptors (Lipinski definition) is 3. The van der Waals surface area contributed by atoms with Gasteiger partial charge in [-0.05, 0) is 86.2 Å². The van der Waals surface area contributed by atoms with Gasteiger partial charge in [0.25, 0.3) is 0 Å². The Kier molecular flexibility index (Phi) is 4.54. The van der Waals surface area contributed by atoms with Crippen molar-refractivity contribution >= 4 is 0 Å². The lowest BCUT2D eigenvalue weighted by atomic mass is 9.79. The number of halogens is 1. The minimum absolute atomic E-state index is 0.0830. The second kappa shape index (κ2) is 6.88. The van der Waals surface area contributed by atoms with E-state index in [1.807, 2.05) is 12.1 Å². The molecule has 1 aliphatic carbocycles. The molecule has 0 aromatic heterocycles. The monoisotopic (exact) mass is 358 g/mol. The molecular weight excluding hydrogens is 327 g/mol. The molecule has 0 radical (unpaired) electrons. The largest absolute Gasteiger partial charge is 0.381 e. The Morgan fingerprint density at radius 2 is 1.88 bits per heavy atom. The molecule has 1 aromatic carbocycles. The smallest absolute Gasteiger partial charge is 0.123 e. The third-order valence-electron chi connectivity index (χ3n) is 7.58. The van der Waals surface area contributed by atoms with Crippen LogP contribution in [0.4, 0.5) is 4.39 Å². The molecule has 1 saturated carbocycles. The van der Waals surface area contributed by atoms with Crippen LogP contribution in [0.2, 0.25) is 0 Å². The minimum Gasteiger partial charge on any atom is -0.381 e. The van der Waals surface area contributed by atoms with E-state index in [-0.39, 0.29) is 5.82 Å². The van der Waals surface area contributed by atoms with E-state index in [0.717, 1.165) is 25.7 Å². The Hall–Kier alpha value is -0.970. The lowest BCUT2D eigenvalue weighted by Crippen LogP contribution is -2.52. The number of piperidine rings is 1. The van der Waals surface area contributed by atoms with E-state index in [4.69, 9.17) is 4.74 Å². The van der Waals surface area contributed by atoms with Crippen LogP contribution in [0, 0.1) is 11.2 Å². The second-order valence-corrected chi connectivity index (χ2v) is 9.14. The Labute approximate surface area is 156 Å². The molecule has 142 valence electrons. The zero-order valence-corrected chi connectivity index (χ0v) is 15.7. The topological polar surface area (TPSA) is 24.5 Å². The Bertz CT molecular complexity index is 646. The highest BCUT2D eigenvalue weighted by Gasteiger charge is 2.45.